The van der Waals surface area contributed by atoms with Crippen molar-refractivity contribution >= 4 is 17.0 Å². The molecule has 1 aliphatic heterocycles. The van der Waals surface area contributed by atoms with E-state index in [4.69, 9.17) is 0 Å². The van der Waals surface area contributed by atoms with E-state index < -0.39 is 0 Å². The van der Waals surface area contributed by atoms with Crippen molar-refractivity contribution in [3.8, 4) is 11.3 Å². The third kappa shape index (κ3) is 1.91. The van der Waals surface area contributed by atoms with Gasteiger partial charge in [-0.1, -0.05) is 0 Å². The van der Waals surface area contributed by atoms with Crippen LogP contribution in [0.1, 0.15) is 12.8 Å². The second kappa shape index (κ2) is 4.59. The van der Waals surface area contributed by atoms with Crippen molar-refractivity contribution in [2.24, 2.45) is 0 Å². The van der Waals surface area contributed by atoms with Crippen LogP contribution < -0.4 is 4.90 Å². The van der Waals surface area contributed by atoms with Gasteiger partial charge in [0.05, 0.1) is 11.9 Å². The van der Waals surface area contributed by atoms with Gasteiger partial charge < -0.3 is 9.88 Å². The summed E-state index contributed by atoms with van der Waals surface area (Å²) in [6, 6.07) is 6.03. The maximum atomic E-state index is 4.63. The highest BCUT2D eigenvalue weighted by molar-refractivity contribution is 5.74. The van der Waals surface area contributed by atoms with Gasteiger partial charge >= 0.3 is 0 Å². The van der Waals surface area contributed by atoms with Gasteiger partial charge in [0.2, 0.25) is 0 Å². The van der Waals surface area contributed by atoms with Crippen molar-refractivity contribution in [3.05, 3.63) is 36.8 Å². The van der Waals surface area contributed by atoms with E-state index >= 15 is 0 Å². The molecule has 0 bridgehead atoms. The van der Waals surface area contributed by atoms with Crippen LogP contribution in [0, 0.1) is 0 Å². The minimum absolute atomic E-state index is 0.822. The van der Waals surface area contributed by atoms with E-state index in [0.717, 1.165) is 41.3 Å². The molecule has 1 aliphatic rings. The summed E-state index contributed by atoms with van der Waals surface area (Å²) in [4.78, 5) is 18.9. The highest BCUT2D eigenvalue weighted by atomic mass is 15.2. The quantitative estimate of drug-likeness (QED) is 0.774. The maximum Gasteiger partial charge on any atom is 0.156 e. The van der Waals surface area contributed by atoms with E-state index in [9.17, 15) is 0 Å². The lowest BCUT2D eigenvalue weighted by Crippen LogP contribution is -2.18. The molecule has 100 valence electrons. The lowest BCUT2D eigenvalue weighted by atomic mass is 10.2. The molecule has 0 aliphatic carbocycles. The predicted molar refractivity (Wildman–Crippen MR) is 78.6 cm³/mol. The average molecular weight is 265 g/mol. The third-order valence-corrected chi connectivity index (χ3v) is 3.73. The summed E-state index contributed by atoms with van der Waals surface area (Å²) in [5.41, 5.74) is 3.67. The molecule has 4 heterocycles. The van der Waals surface area contributed by atoms with Crippen LogP contribution in [0.15, 0.2) is 36.8 Å². The first-order valence-corrected chi connectivity index (χ1v) is 6.92. The SMILES string of the molecule is c1cc(-c2cnc3[nH]ccc3n2)cc(N2CCCC2)n1. The first-order chi connectivity index (χ1) is 9.90. The number of hydrogen-bond acceptors (Lipinski definition) is 4. The minimum atomic E-state index is 0.822. The monoisotopic (exact) mass is 265 g/mol. The van der Waals surface area contributed by atoms with Gasteiger partial charge in [-0.3, -0.25) is 0 Å². The lowest BCUT2D eigenvalue weighted by Gasteiger charge is -2.16. The van der Waals surface area contributed by atoms with Crippen LogP contribution in [-0.2, 0) is 0 Å². The number of aromatic amines is 1. The molecule has 3 aromatic rings. The van der Waals surface area contributed by atoms with Crippen molar-refractivity contribution in [2.75, 3.05) is 18.0 Å². The lowest BCUT2D eigenvalue weighted by molar-refractivity contribution is 0.938. The Morgan fingerprint density at radius 3 is 2.90 bits per heavy atom. The molecule has 0 radical (unpaired) electrons. The highest BCUT2D eigenvalue weighted by Gasteiger charge is 2.14. The summed E-state index contributed by atoms with van der Waals surface area (Å²) >= 11 is 0. The van der Waals surface area contributed by atoms with Gasteiger partial charge in [-0.05, 0) is 31.0 Å². The van der Waals surface area contributed by atoms with E-state index in [1.54, 1.807) is 0 Å². The molecule has 0 unspecified atom stereocenters. The van der Waals surface area contributed by atoms with Crippen LogP contribution in [0.25, 0.3) is 22.4 Å². The summed E-state index contributed by atoms with van der Waals surface area (Å²) in [6.07, 6.45) is 8.02. The van der Waals surface area contributed by atoms with Crippen LogP contribution in [-0.4, -0.2) is 33.0 Å². The van der Waals surface area contributed by atoms with Crippen molar-refractivity contribution in [2.45, 2.75) is 12.8 Å². The maximum absolute atomic E-state index is 4.63. The summed E-state index contributed by atoms with van der Waals surface area (Å²) < 4.78 is 0. The van der Waals surface area contributed by atoms with Gasteiger partial charge in [0.1, 0.15) is 11.3 Å². The Kier molecular flexibility index (Phi) is 2.62. The largest absolute Gasteiger partial charge is 0.357 e. The van der Waals surface area contributed by atoms with Crippen molar-refractivity contribution in [3.63, 3.8) is 0 Å². The van der Waals surface area contributed by atoms with Crippen molar-refractivity contribution in [1.82, 2.24) is 19.9 Å². The number of H-pyrrole nitrogens is 1. The number of fused-ring (bicyclic) bond motifs is 1. The average Bonchev–Trinajstić information content (AvgIpc) is 3.18. The van der Waals surface area contributed by atoms with E-state index in [1.165, 1.54) is 12.8 Å². The van der Waals surface area contributed by atoms with E-state index in [1.807, 2.05) is 30.7 Å². The van der Waals surface area contributed by atoms with E-state index in [2.05, 4.69) is 30.9 Å². The van der Waals surface area contributed by atoms with Crippen LogP contribution in [0.2, 0.25) is 0 Å². The normalized spacial score (nSPS) is 15.1. The molecule has 5 nitrogen and oxygen atoms in total. The van der Waals surface area contributed by atoms with E-state index in [0.29, 0.717) is 0 Å². The number of nitrogens with one attached hydrogen (secondary N) is 1. The summed E-state index contributed by atoms with van der Waals surface area (Å²) in [7, 11) is 0. The summed E-state index contributed by atoms with van der Waals surface area (Å²) in [5.74, 6) is 1.04. The van der Waals surface area contributed by atoms with Crippen LogP contribution in [0.4, 0.5) is 5.82 Å². The number of rotatable bonds is 2. The topological polar surface area (TPSA) is 57.7 Å². The van der Waals surface area contributed by atoms with Crippen LogP contribution in [0.5, 0.6) is 0 Å². The second-order valence-electron chi connectivity index (χ2n) is 5.06. The molecule has 1 fully saturated rings. The Morgan fingerprint density at radius 1 is 1.10 bits per heavy atom. The first-order valence-electron chi connectivity index (χ1n) is 6.92. The Labute approximate surface area is 116 Å². The van der Waals surface area contributed by atoms with Crippen LogP contribution >= 0.6 is 0 Å². The van der Waals surface area contributed by atoms with Gasteiger partial charge in [0, 0.05) is 31.0 Å². The van der Waals surface area contributed by atoms with Crippen molar-refractivity contribution < 1.29 is 0 Å². The molecular weight excluding hydrogens is 250 g/mol. The summed E-state index contributed by atoms with van der Waals surface area (Å²) in [6.45, 7) is 2.19. The fourth-order valence-corrected chi connectivity index (χ4v) is 2.67. The van der Waals surface area contributed by atoms with Gasteiger partial charge in [0.25, 0.3) is 0 Å². The smallest absolute Gasteiger partial charge is 0.156 e. The second-order valence-corrected chi connectivity index (χ2v) is 5.06. The zero-order valence-electron chi connectivity index (χ0n) is 11.1. The van der Waals surface area contributed by atoms with Gasteiger partial charge in [-0.15, -0.1) is 0 Å². The van der Waals surface area contributed by atoms with Gasteiger partial charge in [-0.2, -0.15) is 0 Å². The van der Waals surface area contributed by atoms with Crippen molar-refractivity contribution in [1.29, 1.82) is 0 Å². The minimum Gasteiger partial charge on any atom is -0.357 e. The summed E-state index contributed by atoms with van der Waals surface area (Å²) in [5, 5.41) is 0. The van der Waals surface area contributed by atoms with Crippen LogP contribution in [0.3, 0.4) is 0 Å². The molecule has 20 heavy (non-hydrogen) atoms. The fraction of sp³-hybridized carbons (Fsp3) is 0.267. The first kappa shape index (κ1) is 11.4. The zero-order valence-corrected chi connectivity index (χ0v) is 11.1. The Balaban J connectivity index is 1.75. The van der Waals surface area contributed by atoms with Gasteiger partial charge in [-0.25, -0.2) is 15.0 Å². The molecule has 0 aromatic carbocycles. The van der Waals surface area contributed by atoms with E-state index in [-0.39, 0.29) is 0 Å². The number of hydrogen-bond donors (Lipinski definition) is 1. The predicted octanol–water partition coefficient (Wildman–Crippen LogP) is 2.62. The third-order valence-electron chi connectivity index (χ3n) is 3.73. The zero-order chi connectivity index (χ0) is 13.4. The molecule has 1 N–H and O–H groups in total. The molecule has 5 heteroatoms. The Bertz CT molecular complexity index is 743. The number of anilines is 1. The fourth-order valence-electron chi connectivity index (χ4n) is 2.67. The number of pyridine rings is 1. The highest BCUT2D eigenvalue weighted by Crippen LogP contribution is 2.24. The molecular formula is C15H15N5. The molecule has 3 aromatic heterocycles. The molecule has 0 atom stereocenters. The molecule has 0 saturated carbocycles. The number of aromatic nitrogens is 4. The van der Waals surface area contributed by atoms with Gasteiger partial charge in [0.15, 0.2) is 5.65 Å². The number of nitrogens with zero attached hydrogens (tertiary/aromatic N) is 4. The molecule has 1 saturated heterocycles. The Morgan fingerprint density at radius 2 is 2.00 bits per heavy atom. The molecule has 0 amide bonds. The Hall–Kier alpha value is -2.43. The standard InChI is InChI=1S/C15H15N5/c1-2-8-20(7-1)14-9-11(3-5-16-14)13-10-18-15-12(19-13)4-6-17-15/h3-6,9-10H,1-2,7-8H2,(H,17,18). The molecule has 4 rings (SSSR count). The molecule has 0 spiro atoms.